The molecule has 1 N–H and O–H groups in total. The topological polar surface area (TPSA) is 71.5 Å². The van der Waals surface area contributed by atoms with Crippen LogP contribution >= 0.6 is 0 Å². The van der Waals surface area contributed by atoms with Gasteiger partial charge in [-0.1, -0.05) is 0 Å². The minimum absolute atomic E-state index is 0.226. The molecule has 0 aliphatic rings. The average molecular weight is 185 g/mol. The first-order valence-electron chi connectivity index (χ1n) is 3.73. The molecule has 0 fully saturated rings. The van der Waals surface area contributed by atoms with E-state index >= 15 is 0 Å². The minimum Gasteiger partial charge on any atom is -0.404 e. The Morgan fingerprint density at radius 3 is 2.77 bits per heavy atom. The molecule has 0 aliphatic heterocycles. The summed E-state index contributed by atoms with van der Waals surface area (Å²) in [6, 6.07) is 2.92. The van der Waals surface area contributed by atoms with Gasteiger partial charge in [-0.2, -0.15) is 0 Å². The van der Waals surface area contributed by atoms with Gasteiger partial charge in [0.1, 0.15) is 10.7 Å². The summed E-state index contributed by atoms with van der Waals surface area (Å²) in [7, 11) is 3.66. The van der Waals surface area contributed by atoms with E-state index < -0.39 is 4.92 Å². The van der Waals surface area contributed by atoms with Gasteiger partial charge in [-0.3, -0.25) is 15.1 Å². The third-order valence-corrected chi connectivity index (χ3v) is 1.40. The normalized spacial score (nSPS) is 10.7. The van der Waals surface area contributed by atoms with Crippen molar-refractivity contribution in [3.63, 3.8) is 0 Å². The van der Waals surface area contributed by atoms with Gasteiger partial charge < -0.3 is 4.42 Å². The zero-order chi connectivity index (χ0) is 9.84. The first-order valence-corrected chi connectivity index (χ1v) is 3.73. The van der Waals surface area contributed by atoms with Crippen molar-refractivity contribution in [2.24, 2.45) is 0 Å². The first kappa shape index (κ1) is 9.69. The second-order valence-corrected chi connectivity index (χ2v) is 2.73. The van der Waals surface area contributed by atoms with Gasteiger partial charge in [0.2, 0.25) is 0 Å². The van der Waals surface area contributed by atoms with E-state index in [0.29, 0.717) is 12.3 Å². The second kappa shape index (κ2) is 4.01. The van der Waals surface area contributed by atoms with Crippen LogP contribution in [0.4, 0.5) is 5.88 Å². The Balaban J connectivity index is 2.54. The summed E-state index contributed by atoms with van der Waals surface area (Å²) in [4.78, 5) is 9.68. The van der Waals surface area contributed by atoms with Crippen LogP contribution in [0.1, 0.15) is 5.76 Å². The Kier molecular flexibility index (Phi) is 2.99. The number of nitrogens with zero attached hydrogens (tertiary/aromatic N) is 2. The van der Waals surface area contributed by atoms with Crippen molar-refractivity contribution in [3.05, 3.63) is 28.0 Å². The Morgan fingerprint density at radius 2 is 2.31 bits per heavy atom. The highest BCUT2D eigenvalue weighted by atomic mass is 16.6. The van der Waals surface area contributed by atoms with Crippen LogP contribution in [0.3, 0.4) is 0 Å². The fraction of sp³-hybridized carbons (Fsp3) is 0.429. The van der Waals surface area contributed by atoms with Crippen LogP contribution in [0.2, 0.25) is 0 Å². The molecule has 0 atom stereocenters. The zero-order valence-corrected chi connectivity index (χ0v) is 7.48. The highest BCUT2D eigenvalue weighted by Gasteiger charge is 2.11. The van der Waals surface area contributed by atoms with Crippen molar-refractivity contribution in [3.8, 4) is 0 Å². The highest BCUT2D eigenvalue weighted by molar-refractivity contribution is 5.17. The number of rotatable bonds is 4. The molecule has 0 bridgehead atoms. The summed E-state index contributed by atoms with van der Waals surface area (Å²) in [5, 5.41) is 12.0. The van der Waals surface area contributed by atoms with Crippen LogP contribution in [0.25, 0.3) is 0 Å². The van der Waals surface area contributed by atoms with Gasteiger partial charge in [-0.25, -0.2) is 5.43 Å². The van der Waals surface area contributed by atoms with E-state index in [4.69, 9.17) is 4.42 Å². The van der Waals surface area contributed by atoms with Crippen molar-refractivity contribution in [2.45, 2.75) is 6.54 Å². The molecule has 1 aromatic heterocycles. The van der Waals surface area contributed by atoms with Gasteiger partial charge in [0.05, 0.1) is 12.6 Å². The van der Waals surface area contributed by atoms with Gasteiger partial charge >= 0.3 is 5.88 Å². The van der Waals surface area contributed by atoms with Crippen LogP contribution in [0.15, 0.2) is 16.5 Å². The highest BCUT2D eigenvalue weighted by Crippen LogP contribution is 2.14. The Morgan fingerprint density at radius 1 is 1.62 bits per heavy atom. The monoisotopic (exact) mass is 185 g/mol. The first-order chi connectivity index (χ1) is 6.09. The molecule has 6 heteroatoms. The molecule has 0 amide bonds. The molecule has 1 rings (SSSR count). The average Bonchev–Trinajstić information content (AvgIpc) is 2.48. The van der Waals surface area contributed by atoms with E-state index in [0.717, 1.165) is 0 Å². The largest absolute Gasteiger partial charge is 0.433 e. The van der Waals surface area contributed by atoms with Gasteiger partial charge in [-0.15, -0.1) is 0 Å². The lowest BCUT2D eigenvalue weighted by molar-refractivity contribution is -0.402. The Hall–Kier alpha value is -1.40. The molecule has 0 saturated carbocycles. The molecular weight excluding hydrogens is 174 g/mol. The smallest absolute Gasteiger partial charge is 0.404 e. The molecule has 0 aliphatic carbocycles. The molecule has 1 heterocycles. The summed E-state index contributed by atoms with van der Waals surface area (Å²) in [5.74, 6) is 0.316. The van der Waals surface area contributed by atoms with E-state index in [1.807, 2.05) is 14.1 Å². The van der Waals surface area contributed by atoms with Crippen LogP contribution < -0.4 is 5.43 Å². The standard InChI is InChI=1S/C7H11N3O3/c1-9(2)8-5-6-3-4-7(13-6)10(11)12/h3-4,8H,5H2,1-2H3. The van der Waals surface area contributed by atoms with Crippen molar-refractivity contribution in [2.75, 3.05) is 14.1 Å². The van der Waals surface area contributed by atoms with E-state index in [9.17, 15) is 10.1 Å². The SMILES string of the molecule is CN(C)NCc1ccc([N+](=O)[O-])o1. The maximum absolute atomic E-state index is 10.2. The van der Waals surface area contributed by atoms with E-state index in [-0.39, 0.29) is 5.88 Å². The van der Waals surface area contributed by atoms with Gasteiger partial charge in [-0.05, 0) is 6.07 Å². The Labute approximate surface area is 75.3 Å². The van der Waals surface area contributed by atoms with Crippen LogP contribution in [0.5, 0.6) is 0 Å². The number of hydrogen-bond acceptors (Lipinski definition) is 5. The second-order valence-electron chi connectivity index (χ2n) is 2.73. The lowest BCUT2D eigenvalue weighted by atomic mass is 10.4. The van der Waals surface area contributed by atoms with Crippen LogP contribution in [-0.4, -0.2) is 24.0 Å². The van der Waals surface area contributed by atoms with Gasteiger partial charge in [0, 0.05) is 14.1 Å². The number of nitro groups is 1. The summed E-state index contributed by atoms with van der Waals surface area (Å²) in [5.41, 5.74) is 2.93. The molecule has 13 heavy (non-hydrogen) atoms. The third kappa shape index (κ3) is 2.85. The van der Waals surface area contributed by atoms with E-state index in [1.54, 1.807) is 11.1 Å². The third-order valence-electron chi connectivity index (χ3n) is 1.40. The number of nitrogens with one attached hydrogen (secondary N) is 1. The predicted octanol–water partition coefficient (Wildman–Crippen LogP) is 0.754. The van der Waals surface area contributed by atoms with E-state index in [2.05, 4.69) is 5.43 Å². The molecular formula is C7H11N3O3. The van der Waals surface area contributed by atoms with Crippen molar-refractivity contribution >= 4 is 5.88 Å². The predicted molar refractivity (Wildman–Crippen MR) is 45.9 cm³/mol. The zero-order valence-electron chi connectivity index (χ0n) is 7.48. The van der Waals surface area contributed by atoms with Crippen molar-refractivity contribution < 1.29 is 9.34 Å². The molecule has 0 radical (unpaired) electrons. The maximum atomic E-state index is 10.2. The van der Waals surface area contributed by atoms with Crippen molar-refractivity contribution in [1.82, 2.24) is 10.4 Å². The molecule has 0 spiro atoms. The van der Waals surface area contributed by atoms with Crippen LogP contribution in [-0.2, 0) is 6.54 Å². The fourth-order valence-corrected chi connectivity index (χ4v) is 0.796. The fourth-order valence-electron chi connectivity index (χ4n) is 0.796. The molecule has 6 nitrogen and oxygen atoms in total. The summed E-state index contributed by atoms with van der Waals surface area (Å²) < 4.78 is 4.91. The van der Waals surface area contributed by atoms with E-state index in [1.165, 1.54) is 6.07 Å². The van der Waals surface area contributed by atoms with Crippen molar-refractivity contribution in [1.29, 1.82) is 0 Å². The maximum Gasteiger partial charge on any atom is 0.433 e. The lowest BCUT2D eigenvalue weighted by Crippen LogP contribution is -2.29. The van der Waals surface area contributed by atoms with Gasteiger partial charge in [0.15, 0.2) is 0 Å². The number of hydrogen-bond donors (Lipinski definition) is 1. The minimum atomic E-state index is -0.556. The lowest BCUT2D eigenvalue weighted by Gasteiger charge is -2.09. The molecule has 72 valence electrons. The molecule has 0 aromatic carbocycles. The summed E-state index contributed by atoms with van der Waals surface area (Å²) in [6.45, 7) is 0.445. The molecule has 1 aromatic rings. The summed E-state index contributed by atoms with van der Waals surface area (Å²) in [6.07, 6.45) is 0. The molecule has 0 saturated heterocycles. The summed E-state index contributed by atoms with van der Waals surface area (Å²) >= 11 is 0. The Bertz CT molecular complexity index is 295. The quantitative estimate of drug-likeness (QED) is 0.553. The molecule has 0 unspecified atom stereocenters. The van der Waals surface area contributed by atoms with Crippen LogP contribution in [0, 0.1) is 10.1 Å². The number of furan rings is 1. The number of hydrazine groups is 1. The van der Waals surface area contributed by atoms with Gasteiger partial charge in [0.25, 0.3) is 0 Å².